The van der Waals surface area contributed by atoms with Crippen LogP contribution in [0.15, 0.2) is 48.5 Å². The van der Waals surface area contributed by atoms with Crippen molar-refractivity contribution in [2.75, 3.05) is 11.0 Å². The van der Waals surface area contributed by atoms with E-state index in [1.807, 2.05) is 0 Å². The molecule has 0 spiro atoms. The summed E-state index contributed by atoms with van der Waals surface area (Å²) in [5.41, 5.74) is 0.390. The van der Waals surface area contributed by atoms with E-state index in [-0.39, 0.29) is 17.0 Å². The Morgan fingerprint density at radius 1 is 1.20 bits per heavy atom. The predicted octanol–water partition coefficient (Wildman–Crippen LogP) is 2.03. The molecule has 0 saturated heterocycles. The molecule has 7 nitrogen and oxygen atoms in total. The lowest BCUT2D eigenvalue weighted by atomic mass is 10.1. The smallest absolute Gasteiger partial charge is 0.229 e. The van der Waals surface area contributed by atoms with Gasteiger partial charge in [-0.1, -0.05) is 18.2 Å². The number of para-hydroxylation sites is 1. The first-order valence-corrected chi connectivity index (χ1v) is 9.47. The van der Waals surface area contributed by atoms with Gasteiger partial charge in [-0.3, -0.25) is 14.3 Å². The van der Waals surface area contributed by atoms with Gasteiger partial charge in [0.05, 0.1) is 11.9 Å². The van der Waals surface area contributed by atoms with Gasteiger partial charge in [0.1, 0.15) is 11.1 Å². The van der Waals surface area contributed by atoms with Gasteiger partial charge in [0.2, 0.25) is 16.4 Å². The summed E-state index contributed by atoms with van der Waals surface area (Å²) in [6, 6.07) is 12.9. The summed E-state index contributed by atoms with van der Waals surface area (Å²) < 4.78 is 31.1. The van der Waals surface area contributed by atoms with Crippen molar-refractivity contribution in [1.82, 2.24) is 5.32 Å². The first-order valence-electron chi connectivity index (χ1n) is 7.07. The third-order valence-corrected chi connectivity index (χ3v) is 3.98. The van der Waals surface area contributed by atoms with Crippen molar-refractivity contribution in [2.45, 2.75) is 5.37 Å². The maximum absolute atomic E-state index is 12.2. The van der Waals surface area contributed by atoms with Crippen LogP contribution in [0.4, 0.5) is 5.69 Å². The fourth-order valence-corrected chi connectivity index (χ4v) is 2.74. The molecule has 1 amide bonds. The number of benzene rings is 2. The van der Waals surface area contributed by atoms with Crippen LogP contribution in [0.25, 0.3) is 0 Å². The zero-order valence-corrected chi connectivity index (χ0v) is 14.9. The molecule has 0 aromatic heterocycles. The summed E-state index contributed by atoms with van der Waals surface area (Å²) in [5, 5.41) is 1.23. The summed E-state index contributed by atoms with van der Waals surface area (Å²) in [6.45, 7) is 0. The number of hydrogen-bond donors (Lipinski definition) is 3. The molecule has 1 unspecified atom stereocenters. The molecule has 0 aliphatic carbocycles. The number of hydrogen-bond acceptors (Lipinski definition) is 6. The highest BCUT2D eigenvalue weighted by Crippen LogP contribution is 2.31. The summed E-state index contributed by atoms with van der Waals surface area (Å²) >= 11 is 4.00. The van der Waals surface area contributed by atoms with Gasteiger partial charge in [0.25, 0.3) is 0 Å². The Balaban J connectivity index is 2.41. The highest BCUT2D eigenvalue weighted by molar-refractivity contribution is 7.92. The second-order valence-corrected chi connectivity index (χ2v) is 7.32. The highest BCUT2D eigenvalue weighted by Gasteiger charge is 2.18. The third kappa shape index (κ3) is 5.50. The second-order valence-electron chi connectivity index (χ2n) is 5.05. The van der Waals surface area contributed by atoms with Crippen molar-refractivity contribution in [1.29, 1.82) is 0 Å². The minimum absolute atomic E-state index is 0.147. The lowest BCUT2D eigenvalue weighted by Gasteiger charge is -2.14. The molecule has 2 N–H and O–H groups in total. The number of Topliss-reactive ketones (excluding diaryl/α,β-unsaturated/α-hetero) is 1. The van der Waals surface area contributed by atoms with Crippen molar-refractivity contribution in [3.05, 3.63) is 54.1 Å². The van der Waals surface area contributed by atoms with Crippen LogP contribution in [-0.2, 0) is 14.8 Å². The molecule has 9 heteroatoms. The number of rotatable bonds is 8. The van der Waals surface area contributed by atoms with Crippen LogP contribution >= 0.6 is 12.6 Å². The summed E-state index contributed by atoms with van der Waals surface area (Å²) in [7, 11) is -3.54. The number of anilines is 1. The molecular weight excluding hydrogens is 364 g/mol. The Hall–Kier alpha value is -2.52. The van der Waals surface area contributed by atoms with E-state index in [0.29, 0.717) is 12.2 Å². The average Bonchev–Trinajstić information content (AvgIpc) is 2.55. The van der Waals surface area contributed by atoms with Crippen LogP contribution in [0.5, 0.6) is 11.5 Å². The van der Waals surface area contributed by atoms with E-state index in [1.165, 1.54) is 18.2 Å². The van der Waals surface area contributed by atoms with Crippen LogP contribution in [0.2, 0.25) is 0 Å². The predicted molar refractivity (Wildman–Crippen MR) is 97.7 cm³/mol. The maximum Gasteiger partial charge on any atom is 0.229 e. The van der Waals surface area contributed by atoms with Gasteiger partial charge >= 0.3 is 0 Å². The molecule has 0 aliphatic rings. The number of amides is 1. The third-order valence-electron chi connectivity index (χ3n) is 3.01. The first kappa shape index (κ1) is 18.8. The number of nitrogens with one attached hydrogen (secondary N) is 2. The summed E-state index contributed by atoms with van der Waals surface area (Å²) in [5.74, 6) is 0.158. The van der Waals surface area contributed by atoms with E-state index < -0.39 is 21.2 Å². The Morgan fingerprint density at radius 2 is 1.88 bits per heavy atom. The maximum atomic E-state index is 12.2. The van der Waals surface area contributed by atoms with Gasteiger partial charge < -0.3 is 10.1 Å². The number of carbonyl (C=O) groups is 2. The van der Waals surface area contributed by atoms with Crippen molar-refractivity contribution in [3.63, 3.8) is 0 Å². The van der Waals surface area contributed by atoms with E-state index >= 15 is 0 Å². The van der Waals surface area contributed by atoms with E-state index in [1.54, 1.807) is 30.3 Å². The molecular formula is C16H16N2O5S2. The van der Waals surface area contributed by atoms with Crippen molar-refractivity contribution < 1.29 is 22.7 Å². The zero-order valence-electron chi connectivity index (χ0n) is 13.2. The Labute approximate surface area is 150 Å². The first-order chi connectivity index (χ1) is 11.8. The van der Waals surface area contributed by atoms with Crippen LogP contribution in [0.1, 0.15) is 10.4 Å². The molecule has 2 aromatic carbocycles. The lowest BCUT2D eigenvalue weighted by molar-refractivity contribution is -0.109. The van der Waals surface area contributed by atoms with E-state index in [0.717, 1.165) is 6.26 Å². The second kappa shape index (κ2) is 8.04. The molecule has 2 aromatic rings. The van der Waals surface area contributed by atoms with Gasteiger partial charge in [0.15, 0.2) is 11.5 Å². The minimum atomic E-state index is -3.54. The van der Waals surface area contributed by atoms with Crippen molar-refractivity contribution >= 4 is 40.5 Å². The SMILES string of the molecule is CS(=O)(=O)Nc1ccc(C(=O)C(S)NC=O)cc1Oc1ccccc1. The molecule has 0 fully saturated rings. The monoisotopic (exact) mass is 380 g/mol. The number of sulfonamides is 1. The number of ketones is 1. The van der Waals surface area contributed by atoms with Gasteiger partial charge in [-0.15, -0.1) is 12.6 Å². The van der Waals surface area contributed by atoms with Gasteiger partial charge in [0, 0.05) is 5.56 Å². The number of thiol groups is 1. The fourth-order valence-electron chi connectivity index (χ4n) is 1.96. The highest BCUT2D eigenvalue weighted by atomic mass is 32.2. The quantitative estimate of drug-likeness (QED) is 0.282. The summed E-state index contributed by atoms with van der Waals surface area (Å²) in [6.07, 6.45) is 1.38. The molecule has 25 heavy (non-hydrogen) atoms. The molecule has 2 rings (SSSR count). The molecule has 0 heterocycles. The van der Waals surface area contributed by atoms with Crippen LogP contribution in [0.3, 0.4) is 0 Å². The molecule has 132 valence electrons. The normalized spacial score (nSPS) is 12.1. The van der Waals surface area contributed by atoms with Crippen LogP contribution in [0, 0.1) is 0 Å². The standard InChI is InChI=1S/C16H16N2O5S2/c1-25(21,22)18-13-8-7-11(15(20)16(24)17-10-19)9-14(13)23-12-5-3-2-4-6-12/h2-10,16,18,24H,1H3,(H,17,19). The van der Waals surface area contributed by atoms with Crippen molar-refractivity contribution in [2.24, 2.45) is 0 Å². The largest absolute Gasteiger partial charge is 0.455 e. The average molecular weight is 380 g/mol. The van der Waals surface area contributed by atoms with Gasteiger partial charge in [-0.2, -0.15) is 0 Å². The van der Waals surface area contributed by atoms with Crippen LogP contribution < -0.4 is 14.8 Å². The Morgan fingerprint density at radius 3 is 2.48 bits per heavy atom. The van der Waals surface area contributed by atoms with Gasteiger partial charge in [-0.05, 0) is 30.3 Å². The molecule has 0 bridgehead atoms. The number of carbonyl (C=O) groups excluding carboxylic acids is 2. The summed E-state index contributed by atoms with van der Waals surface area (Å²) in [4.78, 5) is 22.7. The molecule has 0 saturated carbocycles. The Bertz CT molecular complexity index is 869. The van der Waals surface area contributed by atoms with Crippen molar-refractivity contribution in [3.8, 4) is 11.5 Å². The van der Waals surface area contributed by atoms with E-state index in [9.17, 15) is 18.0 Å². The van der Waals surface area contributed by atoms with Gasteiger partial charge in [-0.25, -0.2) is 8.42 Å². The Kier molecular flexibility index (Phi) is 6.05. The van der Waals surface area contributed by atoms with E-state index in [2.05, 4.69) is 22.7 Å². The minimum Gasteiger partial charge on any atom is -0.455 e. The number of ether oxygens (including phenoxy) is 1. The fraction of sp³-hybridized carbons (Fsp3) is 0.125. The molecule has 0 aliphatic heterocycles. The zero-order chi connectivity index (χ0) is 18.4. The molecule has 1 atom stereocenters. The van der Waals surface area contributed by atoms with Crippen LogP contribution in [-0.4, -0.2) is 32.2 Å². The molecule has 0 radical (unpaired) electrons. The lowest BCUT2D eigenvalue weighted by Crippen LogP contribution is -2.30. The topological polar surface area (TPSA) is 102 Å². The van der Waals surface area contributed by atoms with E-state index in [4.69, 9.17) is 4.74 Å².